The van der Waals surface area contributed by atoms with Crippen LogP contribution >= 0.6 is 0 Å². The molecule has 0 atom stereocenters. The molecule has 0 amide bonds. The van der Waals surface area contributed by atoms with Crippen molar-refractivity contribution in [3.63, 3.8) is 0 Å². The van der Waals surface area contributed by atoms with Crippen molar-refractivity contribution in [1.29, 1.82) is 0 Å². The largest absolute Gasteiger partial charge is 0.481 e. The fourth-order valence-corrected chi connectivity index (χ4v) is 1.12. The predicted octanol–water partition coefficient (Wildman–Crippen LogP) is 1.49. The molecule has 15 heavy (non-hydrogen) atoms. The molecule has 0 aromatic rings. The van der Waals surface area contributed by atoms with E-state index in [0.29, 0.717) is 19.8 Å². The van der Waals surface area contributed by atoms with Crippen LogP contribution in [0, 0.1) is 10.8 Å². The lowest BCUT2D eigenvalue weighted by Crippen LogP contribution is -2.31. The predicted molar refractivity (Wildman–Crippen MR) is 59.7 cm³/mol. The fourth-order valence-electron chi connectivity index (χ4n) is 1.12. The SMILES string of the molecule is CC(C)(CN)COCC(C)(C)CC(=O)O. The first kappa shape index (κ1) is 14.4. The molecule has 0 aromatic heterocycles. The lowest BCUT2D eigenvalue weighted by atomic mass is 9.90. The standard InChI is InChI=1S/C11H23NO3/c1-10(2,5-9(13)14)7-15-8-11(3,4)6-12/h5-8,12H2,1-4H3,(H,13,14). The second-order valence-electron chi connectivity index (χ2n) is 5.60. The zero-order valence-electron chi connectivity index (χ0n) is 10.2. The first-order chi connectivity index (χ1) is 6.68. The summed E-state index contributed by atoms with van der Waals surface area (Å²) in [5.41, 5.74) is 5.20. The van der Waals surface area contributed by atoms with Crippen molar-refractivity contribution in [2.45, 2.75) is 34.1 Å². The van der Waals surface area contributed by atoms with Crippen molar-refractivity contribution < 1.29 is 14.6 Å². The minimum Gasteiger partial charge on any atom is -0.481 e. The van der Waals surface area contributed by atoms with Crippen LogP contribution in [0.2, 0.25) is 0 Å². The number of nitrogens with two attached hydrogens (primary N) is 1. The Hall–Kier alpha value is -0.610. The third kappa shape index (κ3) is 7.33. The number of carboxylic acids is 1. The molecule has 0 aliphatic carbocycles. The molecule has 0 saturated carbocycles. The Kier molecular flexibility index (Phi) is 5.24. The van der Waals surface area contributed by atoms with E-state index in [-0.39, 0.29) is 17.3 Å². The monoisotopic (exact) mass is 217 g/mol. The van der Waals surface area contributed by atoms with Gasteiger partial charge in [0.1, 0.15) is 0 Å². The van der Waals surface area contributed by atoms with Crippen molar-refractivity contribution in [1.82, 2.24) is 0 Å². The van der Waals surface area contributed by atoms with E-state index in [0.717, 1.165) is 0 Å². The summed E-state index contributed by atoms with van der Waals surface area (Å²) in [5, 5.41) is 8.68. The van der Waals surface area contributed by atoms with E-state index >= 15 is 0 Å². The highest BCUT2D eigenvalue weighted by Crippen LogP contribution is 2.22. The number of ether oxygens (including phenoxy) is 1. The molecule has 0 rings (SSSR count). The Bertz CT molecular complexity index is 212. The van der Waals surface area contributed by atoms with Crippen LogP contribution in [0.1, 0.15) is 34.1 Å². The fraction of sp³-hybridized carbons (Fsp3) is 0.909. The molecule has 0 aromatic carbocycles. The van der Waals surface area contributed by atoms with Gasteiger partial charge in [-0.1, -0.05) is 27.7 Å². The van der Waals surface area contributed by atoms with Crippen LogP contribution in [0.15, 0.2) is 0 Å². The Morgan fingerprint density at radius 1 is 1.20 bits per heavy atom. The normalized spacial score (nSPS) is 12.9. The maximum atomic E-state index is 10.6. The first-order valence-corrected chi connectivity index (χ1v) is 5.18. The third-order valence-electron chi connectivity index (χ3n) is 2.17. The van der Waals surface area contributed by atoms with Crippen LogP contribution in [-0.4, -0.2) is 30.8 Å². The molecular weight excluding hydrogens is 194 g/mol. The Morgan fingerprint density at radius 3 is 2.07 bits per heavy atom. The van der Waals surface area contributed by atoms with E-state index in [2.05, 4.69) is 0 Å². The van der Waals surface area contributed by atoms with Crippen molar-refractivity contribution in [2.75, 3.05) is 19.8 Å². The summed E-state index contributed by atoms with van der Waals surface area (Å²) in [5.74, 6) is -0.790. The van der Waals surface area contributed by atoms with Gasteiger partial charge in [0.25, 0.3) is 0 Å². The number of carbonyl (C=O) groups is 1. The maximum Gasteiger partial charge on any atom is 0.303 e. The summed E-state index contributed by atoms with van der Waals surface area (Å²) in [7, 11) is 0. The minimum atomic E-state index is -0.790. The van der Waals surface area contributed by atoms with E-state index in [4.69, 9.17) is 15.6 Å². The second-order valence-corrected chi connectivity index (χ2v) is 5.60. The number of hydrogen-bond acceptors (Lipinski definition) is 3. The van der Waals surface area contributed by atoms with Gasteiger partial charge in [0, 0.05) is 5.41 Å². The van der Waals surface area contributed by atoms with Gasteiger partial charge in [-0.2, -0.15) is 0 Å². The zero-order chi connectivity index (χ0) is 12.1. The van der Waals surface area contributed by atoms with Crippen LogP contribution in [0.25, 0.3) is 0 Å². The summed E-state index contributed by atoms with van der Waals surface area (Å²) in [6, 6.07) is 0. The summed E-state index contributed by atoms with van der Waals surface area (Å²) in [6.45, 7) is 9.39. The molecule has 0 heterocycles. The Morgan fingerprint density at radius 2 is 1.67 bits per heavy atom. The Labute approximate surface area is 91.8 Å². The van der Waals surface area contributed by atoms with E-state index < -0.39 is 5.97 Å². The molecule has 0 unspecified atom stereocenters. The van der Waals surface area contributed by atoms with Crippen LogP contribution in [0.5, 0.6) is 0 Å². The van der Waals surface area contributed by atoms with Gasteiger partial charge in [-0.3, -0.25) is 4.79 Å². The highest BCUT2D eigenvalue weighted by Gasteiger charge is 2.24. The summed E-state index contributed by atoms with van der Waals surface area (Å²) in [4.78, 5) is 10.6. The van der Waals surface area contributed by atoms with Gasteiger partial charge in [-0.15, -0.1) is 0 Å². The molecule has 3 N–H and O–H groups in total. The number of aliphatic carboxylic acids is 1. The summed E-state index contributed by atoms with van der Waals surface area (Å²) in [6.07, 6.45) is 0.121. The molecule has 0 saturated heterocycles. The van der Waals surface area contributed by atoms with E-state index in [1.165, 1.54) is 0 Å². The second kappa shape index (κ2) is 5.47. The highest BCUT2D eigenvalue weighted by molar-refractivity contribution is 5.67. The smallest absolute Gasteiger partial charge is 0.303 e. The molecular formula is C11H23NO3. The maximum absolute atomic E-state index is 10.6. The number of hydrogen-bond donors (Lipinski definition) is 2. The summed E-state index contributed by atoms with van der Waals surface area (Å²) >= 11 is 0. The van der Waals surface area contributed by atoms with Gasteiger partial charge in [0.15, 0.2) is 0 Å². The molecule has 0 aliphatic heterocycles. The molecule has 90 valence electrons. The first-order valence-electron chi connectivity index (χ1n) is 5.18. The average Bonchev–Trinajstić information content (AvgIpc) is 2.00. The number of rotatable bonds is 7. The topological polar surface area (TPSA) is 72.5 Å². The summed E-state index contributed by atoms with van der Waals surface area (Å²) < 4.78 is 5.51. The third-order valence-corrected chi connectivity index (χ3v) is 2.17. The number of carboxylic acid groups (broad SMARTS) is 1. The zero-order valence-corrected chi connectivity index (χ0v) is 10.2. The molecule has 0 aliphatic rings. The lowest BCUT2D eigenvalue weighted by molar-refractivity contribution is -0.140. The van der Waals surface area contributed by atoms with Gasteiger partial charge in [0.2, 0.25) is 0 Å². The van der Waals surface area contributed by atoms with Crippen molar-refractivity contribution in [3.8, 4) is 0 Å². The lowest BCUT2D eigenvalue weighted by Gasteiger charge is -2.27. The van der Waals surface area contributed by atoms with E-state index in [1.54, 1.807) is 0 Å². The van der Waals surface area contributed by atoms with Crippen molar-refractivity contribution in [2.24, 2.45) is 16.6 Å². The van der Waals surface area contributed by atoms with Gasteiger partial charge >= 0.3 is 5.97 Å². The van der Waals surface area contributed by atoms with Gasteiger partial charge < -0.3 is 15.6 Å². The molecule has 0 radical (unpaired) electrons. The molecule has 0 spiro atoms. The molecule has 4 nitrogen and oxygen atoms in total. The molecule has 0 bridgehead atoms. The van der Waals surface area contributed by atoms with E-state index in [1.807, 2.05) is 27.7 Å². The highest BCUT2D eigenvalue weighted by atomic mass is 16.5. The van der Waals surface area contributed by atoms with Crippen LogP contribution in [-0.2, 0) is 9.53 Å². The molecule has 4 heteroatoms. The van der Waals surface area contributed by atoms with Crippen LogP contribution in [0.4, 0.5) is 0 Å². The quantitative estimate of drug-likeness (QED) is 0.677. The van der Waals surface area contributed by atoms with Gasteiger partial charge in [-0.05, 0) is 12.0 Å². The minimum absolute atomic E-state index is 0.0424. The van der Waals surface area contributed by atoms with Gasteiger partial charge in [-0.25, -0.2) is 0 Å². The Balaban J connectivity index is 3.89. The van der Waals surface area contributed by atoms with Gasteiger partial charge in [0.05, 0.1) is 19.6 Å². The average molecular weight is 217 g/mol. The van der Waals surface area contributed by atoms with Crippen LogP contribution in [0.3, 0.4) is 0 Å². The molecule has 0 fully saturated rings. The van der Waals surface area contributed by atoms with Crippen molar-refractivity contribution in [3.05, 3.63) is 0 Å². The van der Waals surface area contributed by atoms with Crippen LogP contribution < -0.4 is 5.73 Å². The van der Waals surface area contributed by atoms with Crippen molar-refractivity contribution >= 4 is 5.97 Å². The van der Waals surface area contributed by atoms with E-state index in [9.17, 15) is 4.79 Å².